The number of benzene rings is 1. The molecule has 1 heterocycles. The second-order valence-corrected chi connectivity index (χ2v) is 2.82. The van der Waals surface area contributed by atoms with Gasteiger partial charge in [0.2, 0.25) is 5.95 Å². The van der Waals surface area contributed by atoms with E-state index in [1.165, 1.54) is 0 Å². The monoisotopic (exact) mass is 208 g/mol. The Kier molecular flexibility index (Phi) is 2.91. The highest BCUT2D eigenvalue weighted by Crippen LogP contribution is 2.28. The minimum absolute atomic E-state index is 0. The lowest BCUT2D eigenvalue weighted by molar-refractivity contribution is 0.420. The second kappa shape index (κ2) is 3.97. The van der Waals surface area contributed by atoms with Crippen LogP contribution in [0.4, 0.5) is 11.8 Å². The third-order valence-corrected chi connectivity index (χ3v) is 1.95. The van der Waals surface area contributed by atoms with E-state index in [2.05, 4.69) is 9.97 Å². The van der Waals surface area contributed by atoms with Crippen molar-refractivity contribution in [3.05, 3.63) is 18.2 Å². The molecule has 0 aliphatic carbocycles. The van der Waals surface area contributed by atoms with Crippen LogP contribution in [0, 0.1) is 0 Å². The average molecular weight is 208 g/mol. The average Bonchev–Trinajstić information content (AvgIpc) is 2.16. The van der Waals surface area contributed by atoms with E-state index in [1.807, 2.05) is 12.1 Å². The third kappa shape index (κ3) is 1.75. The molecule has 0 radical (unpaired) electrons. The SMILES string of the molecule is COc1cccc2nc(N)nc(N)c12.O. The van der Waals surface area contributed by atoms with Crippen LogP contribution < -0.4 is 16.2 Å². The molecular weight excluding hydrogens is 196 g/mol. The molecule has 0 bridgehead atoms. The number of nitrogen functional groups attached to an aromatic ring is 2. The summed E-state index contributed by atoms with van der Waals surface area (Å²) in [6.07, 6.45) is 0. The van der Waals surface area contributed by atoms with Crippen LogP contribution in [0.1, 0.15) is 0 Å². The van der Waals surface area contributed by atoms with Gasteiger partial charge in [0.05, 0.1) is 18.0 Å². The maximum Gasteiger partial charge on any atom is 0.222 e. The molecule has 0 spiro atoms. The summed E-state index contributed by atoms with van der Waals surface area (Å²) < 4.78 is 5.15. The summed E-state index contributed by atoms with van der Waals surface area (Å²) in [7, 11) is 1.57. The lowest BCUT2D eigenvalue weighted by Gasteiger charge is -2.06. The molecule has 80 valence electrons. The Morgan fingerprint density at radius 2 is 1.93 bits per heavy atom. The topological polar surface area (TPSA) is 119 Å². The molecule has 1 aromatic carbocycles. The Labute approximate surface area is 86.2 Å². The van der Waals surface area contributed by atoms with Crippen molar-refractivity contribution in [3.63, 3.8) is 0 Å². The molecule has 0 atom stereocenters. The first-order valence-corrected chi connectivity index (χ1v) is 4.08. The fourth-order valence-electron chi connectivity index (χ4n) is 1.37. The summed E-state index contributed by atoms with van der Waals surface area (Å²) in [6.45, 7) is 0. The van der Waals surface area contributed by atoms with Crippen LogP contribution in [0.5, 0.6) is 5.75 Å². The maximum atomic E-state index is 5.72. The fraction of sp³-hybridized carbons (Fsp3) is 0.111. The lowest BCUT2D eigenvalue weighted by atomic mass is 10.2. The number of fused-ring (bicyclic) bond motifs is 1. The molecule has 0 saturated heterocycles. The summed E-state index contributed by atoms with van der Waals surface area (Å²) in [6, 6.07) is 5.44. The zero-order chi connectivity index (χ0) is 10.1. The van der Waals surface area contributed by atoms with Crippen LogP contribution in [0.15, 0.2) is 18.2 Å². The number of anilines is 2. The van der Waals surface area contributed by atoms with Crippen LogP contribution in [-0.2, 0) is 0 Å². The largest absolute Gasteiger partial charge is 0.496 e. The van der Waals surface area contributed by atoms with Crippen molar-refractivity contribution in [1.29, 1.82) is 0 Å². The number of nitrogens with zero attached hydrogens (tertiary/aromatic N) is 2. The van der Waals surface area contributed by atoms with Gasteiger partial charge in [0.15, 0.2) is 0 Å². The molecule has 6 nitrogen and oxygen atoms in total. The number of hydrogen-bond acceptors (Lipinski definition) is 5. The second-order valence-electron chi connectivity index (χ2n) is 2.82. The van der Waals surface area contributed by atoms with Gasteiger partial charge in [0.25, 0.3) is 0 Å². The van der Waals surface area contributed by atoms with Crippen molar-refractivity contribution in [1.82, 2.24) is 9.97 Å². The van der Waals surface area contributed by atoms with Gasteiger partial charge in [-0.05, 0) is 12.1 Å². The summed E-state index contributed by atoms with van der Waals surface area (Å²) in [4.78, 5) is 7.93. The summed E-state index contributed by atoms with van der Waals surface area (Å²) in [5.41, 5.74) is 11.9. The van der Waals surface area contributed by atoms with E-state index >= 15 is 0 Å². The zero-order valence-electron chi connectivity index (χ0n) is 8.19. The van der Waals surface area contributed by atoms with E-state index in [1.54, 1.807) is 13.2 Å². The normalized spacial score (nSPS) is 9.67. The van der Waals surface area contributed by atoms with Crippen LogP contribution >= 0.6 is 0 Å². The van der Waals surface area contributed by atoms with Crippen LogP contribution in [0.25, 0.3) is 10.9 Å². The Bertz CT molecular complexity index is 487. The van der Waals surface area contributed by atoms with Gasteiger partial charge in [-0.3, -0.25) is 0 Å². The molecular formula is C9H12N4O2. The Morgan fingerprint density at radius 1 is 1.20 bits per heavy atom. The Morgan fingerprint density at radius 3 is 2.60 bits per heavy atom. The third-order valence-electron chi connectivity index (χ3n) is 1.95. The van der Waals surface area contributed by atoms with Crippen LogP contribution in [0.2, 0.25) is 0 Å². The van der Waals surface area contributed by atoms with E-state index in [9.17, 15) is 0 Å². The van der Waals surface area contributed by atoms with E-state index in [-0.39, 0.29) is 11.4 Å². The van der Waals surface area contributed by atoms with Crippen molar-refractivity contribution in [2.75, 3.05) is 18.6 Å². The van der Waals surface area contributed by atoms with Crippen molar-refractivity contribution in [2.45, 2.75) is 0 Å². The molecule has 2 rings (SSSR count). The predicted octanol–water partition coefficient (Wildman–Crippen LogP) is -0.0219. The van der Waals surface area contributed by atoms with Gasteiger partial charge in [-0.15, -0.1) is 0 Å². The van der Waals surface area contributed by atoms with Gasteiger partial charge in [-0.1, -0.05) is 6.07 Å². The number of hydrogen-bond donors (Lipinski definition) is 2. The summed E-state index contributed by atoms with van der Waals surface area (Å²) in [5, 5.41) is 0.698. The number of nitrogens with two attached hydrogens (primary N) is 2. The summed E-state index contributed by atoms with van der Waals surface area (Å²) >= 11 is 0. The molecule has 1 aromatic heterocycles. The zero-order valence-corrected chi connectivity index (χ0v) is 8.19. The standard InChI is InChI=1S/C9H10N4O.H2O/c1-14-6-4-2-3-5-7(6)8(10)13-9(11)12-5;/h2-4H,1H3,(H4,10,11,12,13);1H2. The molecule has 0 aliphatic rings. The van der Waals surface area contributed by atoms with E-state index in [4.69, 9.17) is 16.2 Å². The van der Waals surface area contributed by atoms with Gasteiger partial charge in [0.1, 0.15) is 11.6 Å². The number of methoxy groups -OCH3 is 1. The van der Waals surface area contributed by atoms with Gasteiger partial charge < -0.3 is 21.7 Å². The van der Waals surface area contributed by atoms with Crippen molar-refractivity contribution < 1.29 is 10.2 Å². The Balaban J connectivity index is 0.00000112. The van der Waals surface area contributed by atoms with Gasteiger partial charge in [0, 0.05) is 0 Å². The highest BCUT2D eigenvalue weighted by molar-refractivity contribution is 5.94. The van der Waals surface area contributed by atoms with Crippen molar-refractivity contribution in [2.24, 2.45) is 0 Å². The molecule has 0 unspecified atom stereocenters. The highest BCUT2D eigenvalue weighted by Gasteiger charge is 2.07. The number of rotatable bonds is 1. The first kappa shape index (κ1) is 11.0. The molecule has 15 heavy (non-hydrogen) atoms. The smallest absolute Gasteiger partial charge is 0.222 e. The maximum absolute atomic E-state index is 5.72. The van der Waals surface area contributed by atoms with E-state index < -0.39 is 0 Å². The molecule has 0 saturated carbocycles. The number of ether oxygens (including phenoxy) is 1. The van der Waals surface area contributed by atoms with E-state index in [0.29, 0.717) is 22.5 Å². The first-order valence-electron chi connectivity index (χ1n) is 4.08. The summed E-state index contributed by atoms with van der Waals surface area (Å²) in [5.74, 6) is 1.16. The predicted molar refractivity (Wildman–Crippen MR) is 58.5 cm³/mol. The first-order chi connectivity index (χ1) is 6.72. The van der Waals surface area contributed by atoms with E-state index in [0.717, 1.165) is 0 Å². The minimum Gasteiger partial charge on any atom is -0.496 e. The molecule has 0 fully saturated rings. The highest BCUT2D eigenvalue weighted by atomic mass is 16.5. The van der Waals surface area contributed by atoms with Crippen LogP contribution in [-0.4, -0.2) is 22.6 Å². The van der Waals surface area contributed by atoms with Gasteiger partial charge in [-0.25, -0.2) is 4.98 Å². The van der Waals surface area contributed by atoms with Crippen molar-refractivity contribution >= 4 is 22.7 Å². The number of aromatic nitrogens is 2. The van der Waals surface area contributed by atoms with Crippen molar-refractivity contribution in [3.8, 4) is 5.75 Å². The fourth-order valence-corrected chi connectivity index (χ4v) is 1.37. The Hall–Kier alpha value is -2.08. The molecule has 6 N–H and O–H groups in total. The molecule has 6 heteroatoms. The van der Waals surface area contributed by atoms with Gasteiger partial charge in [-0.2, -0.15) is 4.98 Å². The van der Waals surface area contributed by atoms with Gasteiger partial charge >= 0.3 is 0 Å². The molecule has 0 amide bonds. The molecule has 0 aliphatic heterocycles. The van der Waals surface area contributed by atoms with Crippen LogP contribution in [0.3, 0.4) is 0 Å². The molecule has 2 aromatic rings. The quantitative estimate of drug-likeness (QED) is 0.682. The lowest BCUT2D eigenvalue weighted by Crippen LogP contribution is -2.01. The minimum atomic E-state index is 0.